The fraction of sp³-hybridized carbons (Fsp3) is 0.619. The molecule has 6 nitrogen and oxygen atoms in total. The molecule has 3 amide bonds. The Morgan fingerprint density at radius 2 is 1.70 bits per heavy atom. The lowest BCUT2D eigenvalue weighted by atomic mass is 9.80. The van der Waals surface area contributed by atoms with E-state index in [1.807, 2.05) is 30.3 Å². The third-order valence-corrected chi connectivity index (χ3v) is 6.06. The van der Waals surface area contributed by atoms with Crippen LogP contribution in [0.25, 0.3) is 0 Å². The van der Waals surface area contributed by atoms with Crippen molar-refractivity contribution in [3.05, 3.63) is 35.9 Å². The summed E-state index contributed by atoms with van der Waals surface area (Å²) in [6, 6.07) is 8.37. The number of carbonyl (C=O) groups excluding carboxylic acids is 2. The van der Waals surface area contributed by atoms with Crippen molar-refractivity contribution in [3.8, 4) is 0 Å². The standard InChI is InChI=1S/C21H32N4O2/c1-22-19(26)18(17-10-4-2-5-11-17)24-20(27)23-16-21(12-6-3-7-13-21)25-14-8-9-15-25/h2,4-5,10-11,18H,3,6-9,12-16H2,1H3,(H,22,26)(H2,23,24,27)/t18-/m1/s1. The van der Waals surface area contributed by atoms with Gasteiger partial charge in [0.25, 0.3) is 0 Å². The summed E-state index contributed by atoms with van der Waals surface area (Å²) in [6.45, 7) is 2.91. The van der Waals surface area contributed by atoms with E-state index in [2.05, 4.69) is 20.9 Å². The van der Waals surface area contributed by atoms with Crippen molar-refractivity contribution < 1.29 is 9.59 Å². The van der Waals surface area contributed by atoms with Crippen molar-refractivity contribution >= 4 is 11.9 Å². The van der Waals surface area contributed by atoms with E-state index in [-0.39, 0.29) is 17.5 Å². The van der Waals surface area contributed by atoms with Crippen molar-refractivity contribution in [2.24, 2.45) is 0 Å². The Hall–Kier alpha value is -2.08. The molecule has 3 N–H and O–H groups in total. The topological polar surface area (TPSA) is 73.5 Å². The summed E-state index contributed by atoms with van der Waals surface area (Å²) in [5.74, 6) is -0.219. The maximum absolute atomic E-state index is 12.6. The number of amides is 3. The minimum Gasteiger partial charge on any atom is -0.357 e. The van der Waals surface area contributed by atoms with Crippen molar-refractivity contribution in [2.75, 3.05) is 26.7 Å². The molecule has 0 unspecified atom stereocenters. The summed E-state index contributed by atoms with van der Waals surface area (Å²) in [6.07, 6.45) is 8.53. The molecule has 0 radical (unpaired) electrons. The van der Waals surface area contributed by atoms with Crippen LogP contribution >= 0.6 is 0 Å². The molecule has 148 valence electrons. The van der Waals surface area contributed by atoms with Gasteiger partial charge in [-0.05, 0) is 44.3 Å². The Morgan fingerprint density at radius 1 is 1.04 bits per heavy atom. The molecule has 1 heterocycles. The van der Waals surface area contributed by atoms with Gasteiger partial charge in [-0.25, -0.2) is 4.79 Å². The first-order chi connectivity index (χ1) is 13.1. The highest BCUT2D eigenvalue weighted by atomic mass is 16.2. The predicted octanol–water partition coefficient (Wildman–Crippen LogP) is 2.57. The van der Waals surface area contributed by atoms with E-state index in [0.29, 0.717) is 6.54 Å². The van der Waals surface area contributed by atoms with Crippen molar-refractivity contribution in [2.45, 2.75) is 56.5 Å². The molecular weight excluding hydrogens is 340 g/mol. The maximum atomic E-state index is 12.6. The number of hydrogen-bond donors (Lipinski definition) is 3. The van der Waals surface area contributed by atoms with Gasteiger partial charge in [-0.2, -0.15) is 0 Å². The highest BCUT2D eigenvalue weighted by molar-refractivity contribution is 5.87. The van der Waals surface area contributed by atoms with Crippen LogP contribution in [0.15, 0.2) is 30.3 Å². The van der Waals surface area contributed by atoms with Gasteiger partial charge in [-0.1, -0.05) is 49.6 Å². The summed E-state index contributed by atoms with van der Waals surface area (Å²) in [7, 11) is 1.59. The normalized spacial score (nSPS) is 20.6. The number of carbonyl (C=O) groups is 2. The quantitative estimate of drug-likeness (QED) is 0.719. The Balaban J connectivity index is 1.63. The van der Waals surface area contributed by atoms with E-state index in [0.717, 1.165) is 31.5 Å². The number of likely N-dealkylation sites (tertiary alicyclic amines) is 1. The van der Waals surface area contributed by atoms with Gasteiger partial charge in [0.1, 0.15) is 6.04 Å². The molecule has 1 aromatic rings. The Morgan fingerprint density at radius 3 is 2.33 bits per heavy atom. The van der Waals surface area contributed by atoms with E-state index in [1.165, 1.54) is 32.1 Å². The van der Waals surface area contributed by atoms with E-state index in [4.69, 9.17) is 0 Å². The minimum absolute atomic E-state index is 0.0847. The molecule has 27 heavy (non-hydrogen) atoms. The van der Waals surface area contributed by atoms with Crippen LogP contribution in [0.4, 0.5) is 4.79 Å². The smallest absolute Gasteiger partial charge is 0.315 e. The van der Waals surface area contributed by atoms with Crippen LogP contribution in [0.1, 0.15) is 56.6 Å². The molecule has 6 heteroatoms. The summed E-state index contributed by atoms with van der Waals surface area (Å²) in [4.78, 5) is 27.5. The fourth-order valence-corrected chi connectivity index (χ4v) is 4.52. The molecule has 3 rings (SSSR count). The zero-order valence-electron chi connectivity index (χ0n) is 16.3. The highest BCUT2D eigenvalue weighted by Gasteiger charge is 2.39. The van der Waals surface area contributed by atoms with Gasteiger partial charge in [0.15, 0.2) is 0 Å². The van der Waals surface area contributed by atoms with Crippen molar-refractivity contribution in [1.29, 1.82) is 0 Å². The summed E-state index contributed by atoms with van der Waals surface area (Å²) < 4.78 is 0. The molecule has 1 atom stereocenters. The molecular formula is C21H32N4O2. The number of hydrogen-bond acceptors (Lipinski definition) is 3. The molecule has 2 fully saturated rings. The van der Waals surface area contributed by atoms with Crippen molar-refractivity contribution in [1.82, 2.24) is 20.9 Å². The average Bonchev–Trinajstić information content (AvgIpc) is 3.27. The Labute approximate surface area is 162 Å². The maximum Gasteiger partial charge on any atom is 0.315 e. The van der Waals surface area contributed by atoms with E-state index in [9.17, 15) is 9.59 Å². The van der Waals surface area contributed by atoms with Gasteiger partial charge in [0, 0.05) is 19.1 Å². The molecule has 1 saturated carbocycles. The lowest BCUT2D eigenvalue weighted by molar-refractivity contribution is -0.122. The lowest BCUT2D eigenvalue weighted by Gasteiger charge is -2.45. The molecule has 1 aromatic carbocycles. The van der Waals surface area contributed by atoms with Gasteiger partial charge in [-0.3, -0.25) is 9.69 Å². The third-order valence-electron chi connectivity index (χ3n) is 6.06. The predicted molar refractivity (Wildman–Crippen MR) is 106 cm³/mol. The lowest BCUT2D eigenvalue weighted by Crippen LogP contribution is -2.57. The number of nitrogens with zero attached hydrogens (tertiary/aromatic N) is 1. The van der Waals surface area contributed by atoms with Gasteiger partial charge >= 0.3 is 6.03 Å². The van der Waals surface area contributed by atoms with Gasteiger partial charge in [0.05, 0.1) is 0 Å². The molecule has 0 bridgehead atoms. The highest BCUT2D eigenvalue weighted by Crippen LogP contribution is 2.35. The second-order valence-corrected chi connectivity index (χ2v) is 7.76. The monoisotopic (exact) mass is 372 g/mol. The Kier molecular flexibility index (Phi) is 6.72. The van der Waals surface area contributed by atoms with E-state index >= 15 is 0 Å². The van der Waals surface area contributed by atoms with Crippen LogP contribution in [-0.4, -0.2) is 49.1 Å². The summed E-state index contributed by atoms with van der Waals surface area (Å²) in [5, 5.41) is 8.57. The number of benzene rings is 1. The van der Waals surface area contributed by atoms with Crippen LogP contribution in [0.5, 0.6) is 0 Å². The number of urea groups is 1. The number of nitrogens with one attached hydrogen (secondary N) is 3. The van der Waals surface area contributed by atoms with Crippen LogP contribution in [0, 0.1) is 0 Å². The third kappa shape index (κ3) is 4.80. The zero-order chi connectivity index (χ0) is 19.1. The first-order valence-corrected chi connectivity index (χ1v) is 10.2. The molecule has 1 aliphatic heterocycles. The minimum atomic E-state index is -0.690. The fourth-order valence-electron chi connectivity index (χ4n) is 4.52. The first-order valence-electron chi connectivity index (χ1n) is 10.2. The van der Waals surface area contributed by atoms with Crippen LogP contribution in [0.2, 0.25) is 0 Å². The number of likely N-dealkylation sites (N-methyl/N-ethyl adjacent to an activating group) is 1. The van der Waals surface area contributed by atoms with Crippen LogP contribution in [-0.2, 0) is 4.79 Å². The van der Waals surface area contributed by atoms with Gasteiger partial charge in [-0.15, -0.1) is 0 Å². The van der Waals surface area contributed by atoms with Crippen LogP contribution in [0.3, 0.4) is 0 Å². The average molecular weight is 373 g/mol. The molecule has 0 aromatic heterocycles. The van der Waals surface area contributed by atoms with E-state index in [1.54, 1.807) is 7.05 Å². The largest absolute Gasteiger partial charge is 0.357 e. The van der Waals surface area contributed by atoms with Crippen LogP contribution < -0.4 is 16.0 Å². The van der Waals surface area contributed by atoms with Gasteiger partial charge < -0.3 is 16.0 Å². The molecule has 1 aliphatic carbocycles. The number of rotatable bonds is 6. The van der Waals surface area contributed by atoms with Gasteiger partial charge in [0.2, 0.25) is 5.91 Å². The zero-order valence-corrected chi connectivity index (χ0v) is 16.3. The second-order valence-electron chi connectivity index (χ2n) is 7.76. The molecule has 1 saturated heterocycles. The molecule has 0 spiro atoms. The van der Waals surface area contributed by atoms with E-state index < -0.39 is 6.04 Å². The van der Waals surface area contributed by atoms with Crippen molar-refractivity contribution in [3.63, 3.8) is 0 Å². The second kappa shape index (κ2) is 9.22. The first kappa shape index (κ1) is 19.7. The Bertz CT molecular complexity index is 622. The summed E-state index contributed by atoms with van der Waals surface area (Å²) in [5.41, 5.74) is 0.861. The molecule has 2 aliphatic rings. The SMILES string of the molecule is CNC(=O)[C@H](NC(=O)NCC1(N2CCCC2)CCCCC1)c1ccccc1. The summed E-state index contributed by atoms with van der Waals surface area (Å²) >= 11 is 0.